The van der Waals surface area contributed by atoms with E-state index in [1.807, 2.05) is 39.8 Å². The van der Waals surface area contributed by atoms with Gasteiger partial charge in [-0.1, -0.05) is 38.8 Å². The van der Waals surface area contributed by atoms with Crippen LogP contribution in [0.25, 0.3) is 0 Å². The van der Waals surface area contributed by atoms with Gasteiger partial charge in [0.15, 0.2) is 14.1 Å². The number of hydrogen-bond donors (Lipinski definition) is 0. The maximum Gasteiger partial charge on any atom is 0.384 e. The van der Waals surface area contributed by atoms with Crippen molar-refractivity contribution in [2.45, 2.75) is 116 Å². The lowest BCUT2D eigenvalue weighted by atomic mass is 9.97. The van der Waals surface area contributed by atoms with E-state index in [1.165, 1.54) is 0 Å². The third-order valence-electron chi connectivity index (χ3n) is 6.27. The molecule has 30 heavy (non-hydrogen) atoms. The van der Waals surface area contributed by atoms with Gasteiger partial charge < -0.3 is 18.6 Å². The second-order valence-electron chi connectivity index (χ2n) is 10.6. The Bertz CT molecular complexity index is 695. The lowest BCUT2D eigenvalue weighted by Crippen LogP contribution is -2.45. The van der Waals surface area contributed by atoms with Crippen LogP contribution in [0.5, 0.6) is 0 Å². The lowest BCUT2D eigenvalue weighted by Gasteiger charge is -2.40. The summed E-state index contributed by atoms with van der Waals surface area (Å²) in [5.74, 6) is 4.58. The molecule has 1 saturated heterocycles. The number of esters is 1. The standard InChI is InChI=1S/C24H40O5Si/c1-17-13-16-22(25)26-18(2)11-10-12-20-21(28-24(6,7)27-20)15-14-19(17)29-30(8,9)23(3,4)5/h10,12,17-21H,11,14-15H2,1-9H3/b12-10+/t17?,18-,19?,20+,21-/m0/s1. The highest BCUT2D eigenvalue weighted by atomic mass is 28.4. The minimum atomic E-state index is -2.00. The molecule has 2 heterocycles. The van der Waals surface area contributed by atoms with E-state index in [2.05, 4.69) is 45.7 Å². The van der Waals surface area contributed by atoms with E-state index in [-0.39, 0.29) is 35.4 Å². The van der Waals surface area contributed by atoms with E-state index < -0.39 is 20.1 Å². The molecular formula is C24H40O5Si. The Labute approximate surface area is 184 Å². The molecule has 1 fully saturated rings. The van der Waals surface area contributed by atoms with Gasteiger partial charge in [-0.25, -0.2) is 4.79 Å². The molecule has 0 amide bonds. The highest BCUT2D eigenvalue weighted by molar-refractivity contribution is 6.74. The van der Waals surface area contributed by atoms with E-state index in [9.17, 15) is 4.79 Å². The van der Waals surface area contributed by atoms with Crippen LogP contribution in [0, 0.1) is 17.8 Å². The predicted molar refractivity (Wildman–Crippen MR) is 121 cm³/mol. The molecule has 0 bridgehead atoms. The molecule has 0 aromatic rings. The SMILES string of the molecule is CC1C#CC(=O)O[C@@H](C)C/C=C/[C@H]2OC(C)(C)O[C@H]2CCC1O[Si](C)(C)C(C)(C)C. The van der Waals surface area contributed by atoms with E-state index in [1.54, 1.807) is 0 Å². The molecular weight excluding hydrogens is 396 g/mol. The van der Waals surface area contributed by atoms with Crippen LogP contribution in [0.2, 0.25) is 18.1 Å². The van der Waals surface area contributed by atoms with Crippen LogP contribution in [0.1, 0.15) is 67.7 Å². The zero-order valence-corrected chi connectivity index (χ0v) is 21.2. The van der Waals surface area contributed by atoms with Gasteiger partial charge in [0, 0.05) is 18.3 Å². The Hall–Kier alpha value is -1.13. The zero-order chi connectivity index (χ0) is 22.7. The van der Waals surface area contributed by atoms with E-state index in [0.29, 0.717) is 6.42 Å². The molecule has 0 N–H and O–H groups in total. The maximum absolute atomic E-state index is 12.1. The molecule has 0 spiro atoms. The van der Waals surface area contributed by atoms with E-state index in [4.69, 9.17) is 18.6 Å². The van der Waals surface area contributed by atoms with Crippen molar-refractivity contribution in [3.8, 4) is 11.8 Å². The van der Waals surface area contributed by atoms with Crippen molar-refractivity contribution in [2.75, 3.05) is 0 Å². The van der Waals surface area contributed by atoms with Gasteiger partial charge in [-0.05, 0) is 58.7 Å². The molecule has 0 aliphatic carbocycles. The Morgan fingerprint density at radius 2 is 1.83 bits per heavy atom. The second-order valence-corrected chi connectivity index (χ2v) is 15.3. The third-order valence-corrected chi connectivity index (χ3v) is 10.8. The van der Waals surface area contributed by atoms with Gasteiger partial charge in [-0.15, -0.1) is 0 Å². The highest BCUT2D eigenvalue weighted by Crippen LogP contribution is 2.39. The largest absolute Gasteiger partial charge is 0.453 e. The van der Waals surface area contributed by atoms with Crippen molar-refractivity contribution in [2.24, 2.45) is 5.92 Å². The van der Waals surface area contributed by atoms with Crippen molar-refractivity contribution in [3.05, 3.63) is 12.2 Å². The van der Waals surface area contributed by atoms with Gasteiger partial charge in [0.2, 0.25) is 0 Å². The molecule has 5 atom stereocenters. The Morgan fingerprint density at radius 3 is 2.47 bits per heavy atom. The molecule has 0 aromatic heterocycles. The van der Waals surface area contributed by atoms with Gasteiger partial charge in [-0.3, -0.25) is 0 Å². The number of hydrogen-bond acceptors (Lipinski definition) is 5. The van der Waals surface area contributed by atoms with Crippen LogP contribution >= 0.6 is 0 Å². The maximum atomic E-state index is 12.1. The number of fused-ring (bicyclic) bond motifs is 1. The fraction of sp³-hybridized carbons (Fsp3) is 0.792. The fourth-order valence-corrected chi connectivity index (χ4v) is 4.91. The quantitative estimate of drug-likeness (QED) is 0.196. The molecule has 0 radical (unpaired) electrons. The van der Waals surface area contributed by atoms with Crippen molar-refractivity contribution in [1.29, 1.82) is 0 Å². The molecule has 170 valence electrons. The molecule has 0 aromatic carbocycles. The molecule has 6 heteroatoms. The summed E-state index contributed by atoms with van der Waals surface area (Å²) in [6.07, 6.45) is 5.78. The summed E-state index contributed by atoms with van der Waals surface area (Å²) in [7, 11) is -2.00. The fourth-order valence-electron chi connectivity index (χ4n) is 3.47. The molecule has 2 rings (SSSR count). The van der Waals surface area contributed by atoms with Gasteiger partial charge in [-0.2, -0.15) is 0 Å². The third kappa shape index (κ3) is 6.95. The Kier molecular flexibility index (Phi) is 8.01. The first-order valence-corrected chi connectivity index (χ1v) is 14.0. The van der Waals surface area contributed by atoms with Gasteiger partial charge in [0.1, 0.15) is 12.2 Å². The van der Waals surface area contributed by atoms with Crippen molar-refractivity contribution in [3.63, 3.8) is 0 Å². The van der Waals surface area contributed by atoms with Crippen LogP contribution in [0.3, 0.4) is 0 Å². The Morgan fingerprint density at radius 1 is 1.17 bits per heavy atom. The van der Waals surface area contributed by atoms with E-state index in [0.717, 1.165) is 12.8 Å². The molecule has 2 unspecified atom stereocenters. The van der Waals surface area contributed by atoms with Crippen LogP contribution in [0.15, 0.2) is 12.2 Å². The summed E-state index contributed by atoms with van der Waals surface area (Å²) >= 11 is 0. The normalized spacial score (nSPS) is 34.2. The van der Waals surface area contributed by atoms with Gasteiger partial charge >= 0.3 is 5.97 Å². The summed E-state index contributed by atoms with van der Waals surface area (Å²) in [6.45, 7) is 19.0. The first-order chi connectivity index (χ1) is 13.7. The van der Waals surface area contributed by atoms with Crippen molar-refractivity contribution < 1.29 is 23.4 Å². The number of rotatable bonds is 2. The van der Waals surface area contributed by atoms with Crippen LogP contribution in [-0.2, 0) is 23.4 Å². The summed E-state index contributed by atoms with van der Waals surface area (Å²) < 4.78 is 24.5. The summed E-state index contributed by atoms with van der Waals surface area (Å²) in [4.78, 5) is 12.1. The first kappa shape index (κ1) is 25.1. The highest BCUT2D eigenvalue weighted by Gasteiger charge is 2.42. The topological polar surface area (TPSA) is 54.0 Å². The smallest absolute Gasteiger partial charge is 0.384 e. The Balaban J connectivity index is 2.29. The van der Waals surface area contributed by atoms with Crippen molar-refractivity contribution >= 4 is 14.3 Å². The number of carbonyl (C=O) groups excluding carboxylic acids is 1. The average molecular weight is 437 g/mol. The minimum Gasteiger partial charge on any atom is -0.453 e. The molecule has 0 saturated carbocycles. The molecule has 2 aliphatic rings. The summed E-state index contributed by atoms with van der Waals surface area (Å²) in [6, 6.07) is 0. The number of ether oxygens (including phenoxy) is 3. The lowest BCUT2D eigenvalue weighted by molar-refractivity contribution is -0.144. The minimum absolute atomic E-state index is 0.0391. The van der Waals surface area contributed by atoms with E-state index >= 15 is 0 Å². The second kappa shape index (κ2) is 9.56. The predicted octanol–water partition coefficient (Wildman–Crippen LogP) is 5.21. The number of cyclic esters (lactones) is 1. The first-order valence-electron chi connectivity index (χ1n) is 11.1. The van der Waals surface area contributed by atoms with Gasteiger partial charge in [0.25, 0.3) is 0 Å². The van der Waals surface area contributed by atoms with Crippen LogP contribution in [0.4, 0.5) is 0 Å². The van der Waals surface area contributed by atoms with Crippen molar-refractivity contribution in [1.82, 2.24) is 0 Å². The summed E-state index contributed by atoms with van der Waals surface area (Å²) in [5.41, 5.74) is 0. The van der Waals surface area contributed by atoms with Crippen LogP contribution in [-0.4, -0.2) is 44.5 Å². The van der Waals surface area contributed by atoms with Gasteiger partial charge in [0.05, 0.1) is 12.2 Å². The summed E-state index contributed by atoms with van der Waals surface area (Å²) in [5, 5.41) is 0.0911. The monoisotopic (exact) mass is 436 g/mol. The molecule has 2 aliphatic heterocycles. The zero-order valence-electron chi connectivity index (χ0n) is 20.2. The molecule has 5 nitrogen and oxygen atoms in total. The number of carbonyl (C=O) groups is 1. The average Bonchev–Trinajstić information content (AvgIpc) is 2.88. The van der Waals surface area contributed by atoms with Crippen LogP contribution < -0.4 is 0 Å².